The summed E-state index contributed by atoms with van der Waals surface area (Å²) < 4.78 is 18.4. The van der Waals surface area contributed by atoms with Gasteiger partial charge in [0.2, 0.25) is 11.8 Å². The summed E-state index contributed by atoms with van der Waals surface area (Å²) in [5.74, 6) is 0.758. The zero-order valence-corrected chi connectivity index (χ0v) is 13.2. The predicted octanol–water partition coefficient (Wildman–Crippen LogP) is 3.47. The van der Waals surface area contributed by atoms with Gasteiger partial charge in [-0.15, -0.1) is 0 Å². The third kappa shape index (κ3) is 4.29. The maximum absolute atomic E-state index is 12.9. The van der Waals surface area contributed by atoms with Crippen LogP contribution in [-0.4, -0.2) is 16.9 Å². The van der Waals surface area contributed by atoms with Crippen molar-refractivity contribution in [2.75, 3.05) is 5.32 Å². The number of anilines is 1. The number of nitrogens with one attached hydrogen (secondary N) is 1. The number of hydrogen-bond donors (Lipinski definition) is 2. The number of amides is 1. The molecule has 0 spiro atoms. The van der Waals surface area contributed by atoms with Gasteiger partial charge in [-0.2, -0.15) is 0 Å². The highest BCUT2D eigenvalue weighted by Crippen LogP contribution is 2.27. The number of carbonyl (C=O) groups excluding carboxylic acids is 1. The monoisotopic (exact) mass is 329 g/mol. The molecule has 0 aliphatic heterocycles. The summed E-state index contributed by atoms with van der Waals surface area (Å²) in [4.78, 5) is 16.2. The first-order valence-corrected chi connectivity index (χ1v) is 8.05. The Balaban J connectivity index is 1.54. The first-order valence-electron chi connectivity index (χ1n) is 8.05. The number of hydrogen-bond acceptors (Lipinski definition) is 4. The van der Waals surface area contributed by atoms with E-state index >= 15 is 0 Å². The maximum atomic E-state index is 12.9. The van der Waals surface area contributed by atoms with Crippen molar-refractivity contribution in [3.8, 4) is 11.6 Å². The van der Waals surface area contributed by atoms with Crippen molar-refractivity contribution < 1.29 is 13.9 Å². The number of halogens is 1. The van der Waals surface area contributed by atoms with Crippen LogP contribution < -0.4 is 15.8 Å². The molecule has 0 unspecified atom stereocenters. The van der Waals surface area contributed by atoms with E-state index in [0.29, 0.717) is 23.7 Å². The van der Waals surface area contributed by atoms with Crippen LogP contribution in [0.5, 0.6) is 11.6 Å². The molecule has 0 radical (unpaired) electrons. The lowest BCUT2D eigenvalue weighted by Crippen LogP contribution is -2.28. The molecule has 3 N–H and O–H groups in total. The molecule has 126 valence electrons. The van der Waals surface area contributed by atoms with E-state index in [9.17, 15) is 9.18 Å². The van der Waals surface area contributed by atoms with Gasteiger partial charge in [0.25, 0.3) is 0 Å². The number of ether oxygens (including phenoxy) is 1. The molecular weight excluding hydrogens is 309 g/mol. The molecule has 24 heavy (non-hydrogen) atoms. The van der Waals surface area contributed by atoms with Crippen molar-refractivity contribution in [3.05, 3.63) is 48.4 Å². The lowest BCUT2D eigenvalue weighted by molar-refractivity contribution is -0.117. The van der Waals surface area contributed by atoms with Crippen LogP contribution in [0.25, 0.3) is 0 Å². The second-order valence-corrected chi connectivity index (χ2v) is 6.05. The summed E-state index contributed by atoms with van der Waals surface area (Å²) in [6.07, 6.45) is 5.07. The van der Waals surface area contributed by atoms with Crippen LogP contribution in [0.2, 0.25) is 0 Å². The van der Waals surface area contributed by atoms with E-state index in [0.717, 1.165) is 19.3 Å². The number of carbonyl (C=O) groups is 1. The van der Waals surface area contributed by atoms with Gasteiger partial charge in [-0.25, -0.2) is 9.37 Å². The highest BCUT2D eigenvalue weighted by Gasteiger charge is 2.26. The Bertz CT molecular complexity index is 688. The molecule has 1 aromatic carbocycles. The summed E-state index contributed by atoms with van der Waals surface area (Å²) in [7, 11) is 0. The van der Waals surface area contributed by atoms with E-state index in [2.05, 4.69) is 10.3 Å². The highest BCUT2D eigenvalue weighted by atomic mass is 19.1. The van der Waals surface area contributed by atoms with Gasteiger partial charge in [0.05, 0.1) is 11.9 Å². The second-order valence-electron chi connectivity index (χ2n) is 6.05. The van der Waals surface area contributed by atoms with E-state index in [1.54, 1.807) is 12.1 Å². The summed E-state index contributed by atoms with van der Waals surface area (Å²) in [6.45, 7) is 0. The Morgan fingerprint density at radius 2 is 2.04 bits per heavy atom. The molecule has 2 atom stereocenters. The Hall–Kier alpha value is -2.47. The van der Waals surface area contributed by atoms with Gasteiger partial charge in [0.1, 0.15) is 11.6 Å². The first kappa shape index (κ1) is 16.4. The van der Waals surface area contributed by atoms with E-state index < -0.39 is 0 Å². The predicted molar refractivity (Wildman–Crippen MR) is 89.3 cm³/mol. The van der Waals surface area contributed by atoms with Gasteiger partial charge >= 0.3 is 0 Å². The molecule has 1 aliphatic rings. The van der Waals surface area contributed by atoms with E-state index in [1.165, 1.54) is 30.5 Å². The second kappa shape index (κ2) is 7.40. The van der Waals surface area contributed by atoms with Crippen molar-refractivity contribution in [2.24, 2.45) is 11.7 Å². The standard InChI is InChI=1S/C18H20FN3O2/c19-13-4-7-15(8-5-13)24-18-9-6-14(11-21-18)22-17(23)10-12-2-1-3-16(12)20/h4-9,11-12,16H,1-3,10,20H2,(H,22,23)/t12-,16+/m0/s1. The van der Waals surface area contributed by atoms with Crippen molar-refractivity contribution in [3.63, 3.8) is 0 Å². The van der Waals surface area contributed by atoms with Gasteiger partial charge in [-0.3, -0.25) is 4.79 Å². The Morgan fingerprint density at radius 1 is 1.25 bits per heavy atom. The Labute approximate surface area is 140 Å². The van der Waals surface area contributed by atoms with Crippen LogP contribution in [0.1, 0.15) is 25.7 Å². The van der Waals surface area contributed by atoms with Crippen molar-refractivity contribution in [2.45, 2.75) is 31.7 Å². The van der Waals surface area contributed by atoms with Crippen LogP contribution >= 0.6 is 0 Å². The lowest BCUT2D eigenvalue weighted by Gasteiger charge is -2.14. The zero-order chi connectivity index (χ0) is 16.9. The zero-order valence-electron chi connectivity index (χ0n) is 13.2. The first-order chi connectivity index (χ1) is 11.6. The van der Waals surface area contributed by atoms with Gasteiger partial charge in [0.15, 0.2) is 0 Å². The van der Waals surface area contributed by atoms with Gasteiger partial charge < -0.3 is 15.8 Å². The van der Waals surface area contributed by atoms with Gasteiger partial charge in [-0.1, -0.05) is 6.42 Å². The molecule has 2 aromatic rings. The maximum Gasteiger partial charge on any atom is 0.224 e. The summed E-state index contributed by atoms with van der Waals surface area (Å²) in [6, 6.07) is 9.18. The minimum Gasteiger partial charge on any atom is -0.439 e. The topological polar surface area (TPSA) is 77.2 Å². The average Bonchev–Trinajstić information content (AvgIpc) is 2.96. The fraction of sp³-hybridized carbons (Fsp3) is 0.333. The summed E-state index contributed by atoms with van der Waals surface area (Å²) in [5, 5.41) is 2.83. The summed E-state index contributed by atoms with van der Waals surface area (Å²) >= 11 is 0. The lowest BCUT2D eigenvalue weighted by atomic mass is 10.00. The molecule has 6 heteroatoms. The van der Waals surface area contributed by atoms with Crippen LogP contribution in [0.4, 0.5) is 10.1 Å². The molecule has 1 aliphatic carbocycles. The minimum atomic E-state index is -0.324. The molecule has 0 saturated heterocycles. The van der Waals surface area contributed by atoms with Crippen LogP contribution in [-0.2, 0) is 4.79 Å². The number of rotatable bonds is 5. The van der Waals surface area contributed by atoms with Crippen LogP contribution in [0.3, 0.4) is 0 Å². The Morgan fingerprint density at radius 3 is 2.67 bits per heavy atom. The number of nitrogens with two attached hydrogens (primary N) is 1. The van der Waals surface area contributed by atoms with E-state index in [4.69, 9.17) is 10.5 Å². The third-order valence-electron chi connectivity index (χ3n) is 4.22. The quantitative estimate of drug-likeness (QED) is 0.880. The SMILES string of the molecule is N[C@@H]1CCC[C@H]1CC(=O)Nc1ccc(Oc2ccc(F)cc2)nc1. The number of nitrogens with zero attached hydrogens (tertiary/aromatic N) is 1. The van der Waals surface area contributed by atoms with Crippen molar-refractivity contribution in [1.29, 1.82) is 0 Å². The van der Waals surface area contributed by atoms with E-state index in [-0.39, 0.29) is 23.7 Å². The van der Waals surface area contributed by atoms with Crippen LogP contribution in [0, 0.1) is 11.7 Å². The number of aromatic nitrogens is 1. The molecule has 5 nitrogen and oxygen atoms in total. The van der Waals surface area contributed by atoms with Crippen LogP contribution in [0.15, 0.2) is 42.6 Å². The molecule has 3 rings (SSSR count). The largest absolute Gasteiger partial charge is 0.439 e. The molecule has 1 saturated carbocycles. The van der Waals surface area contributed by atoms with Crippen molar-refractivity contribution >= 4 is 11.6 Å². The summed E-state index contributed by atoms with van der Waals surface area (Å²) in [5.41, 5.74) is 6.60. The fourth-order valence-corrected chi connectivity index (χ4v) is 2.91. The molecule has 1 heterocycles. The fourth-order valence-electron chi connectivity index (χ4n) is 2.91. The normalized spacial score (nSPS) is 19.9. The van der Waals surface area contributed by atoms with E-state index in [1.807, 2.05) is 0 Å². The third-order valence-corrected chi connectivity index (χ3v) is 4.22. The van der Waals surface area contributed by atoms with Gasteiger partial charge in [-0.05, 0) is 49.1 Å². The molecule has 1 fully saturated rings. The van der Waals surface area contributed by atoms with Gasteiger partial charge in [0, 0.05) is 18.5 Å². The average molecular weight is 329 g/mol. The Kier molecular flexibility index (Phi) is 5.05. The molecule has 0 bridgehead atoms. The smallest absolute Gasteiger partial charge is 0.224 e. The number of pyridine rings is 1. The highest BCUT2D eigenvalue weighted by molar-refractivity contribution is 5.90. The molecular formula is C18H20FN3O2. The minimum absolute atomic E-state index is 0.0497. The number of benzene rings is 1. The van der Waals surface area contributed by atoms with Crippen molar-refractivity contribution in [1.82, 2.24) is 4.98 Å². The molecule has 1 aromatic heterocycles. The molecule has 1 amide bonds.